The molecule has 0 heterocycles. The van der Waals surface area contributed by atoms with Crippen LogP contribution in [0.1, 0.15) is 0 Å². The van der Waals surface area contributed by atoms with Gasteiger partial charge in [-0.1, -0.05) is 34.8 Å². The van der Waals surface area contributed by atoms with E-state index in [1.807, 2.05) is 0 Å². The zero-order valence-corrected chi connectivity index (χ0v) is 12.8. The van der Waals surface area contributed by atoms with Crippen LogP contribution in [0.5, 0.6) is 0 Å². The lowest BCUT2D eigenvalue weighted by molar-refractivity contribution is -0.201. The average molecular weight is 370 g/mol. The Kier molecular flexibility index (Phi) is 6.68. The minimum atomic E-state index is -5.25. The van der Waals surface area contributed by atoms with Gasteiger partial charge in [-0.15, -0.1) is 0 Å². The molecule has 0 aliphatic heterocycles. The SMILES string of the molecule is COP(=S)(OC)C(OC(=O)C(F)(F)F)C(Cl)(Cl)Cl. The van der Waals surface area contributed by atoms with Gasteiger partial charge in [0, 0.05) is 14.2 Å². The predicted molar refractivity (Wildman–Crippen MR) is 64.5 cm³/mol. The van der Waals surface area contributed by atoms with Crippen LogP contribution in [0.3, 0.4) is 0 Å². The van der Waals surface area contributed by atoms with Gasteiger partial charge in [-0.2, -0.15) is 13.2 Å². The highest BCUT2D eigenvalue weighted by atomic mass is 35.6. The quantitative estimate of drug-likeness (QED) is 0.432. The summed E-state index contributed by atoms with van der Waals surface area (Å²) in [7, 11) is 2.07. The summed E-state index contributed by atoms with van der Waals surface area (Å²) in [5.41, 5.74) is 0. The van der Waals surface area contributed by atoms with E-state index in [2.05, 4.69) is 4.74 Å². The van der Waals surface area contributed by atoms with Crippen molar-refractivity contribution in [3.8, 4) is 0 Å². The van der Waals surface area contributed by atoms with E-state index >= 15 is 0 Å². The van der Waals surface area contributed by atoms with Crippen molar-refractivity contribution in [2.45, 2.75) is 15.8 Å². The van der Waals surface area contributed by atoms with Crippen molar-refractivity contribution in [2.75, 3.05) is 14.2 Å². The van der Waals surface area contributed by atoms with Crippen LogP contribution in [-0.4, -0.2) is 36.0 Å². The molecule has 0 aromatic heterocycles. The zero-order chi connectivity index (χ0) is 14.8. The van der Waals surface area contributed by atoms with E-state index in [4.69, 9.17) is 55.7 Å². The van der Waals surface area contributed by atoms with Crippen molar-refractivity contribution in [1.82, 2.24) is 0 Å². The fraction of sp³-hybridized carbons (Fsp3) is 0.833. The molecule has 0 N–H and O–H groups in total. The minimum Gasteiger partial charge on any atom is -0.441 e. The summed E-state index contributed by atoms with van der Waals surface area (Å²) < 4.78 is 47.3. The summed E-state index contributed by atoms with van der Waals surface area (Å²) in [4.78, 5) is 10.7. The summed E-state index contributed by atoms with van der Waals surface area (Å²) in [6.45, 7) is -3.54. The molecule has 0 bridgehead atoms. The molecule has 0 aromatic carbocycles. The van der Waals surface area contributed by atoms with E-state index in [9.17, 15) is 18.0 Å². The number of esters is 1. The molecule has 0 radical (unpaired) electrons. The van der Waals surface area contributed by atoms with E-state index < -0.39 is 28.3 Å². The fourth-order valence-electron chi connectivity index (χ4n) is 0.745. The first-order valence-corrected chi connectivity index (χ1v) is 7.78. The maximum Gasteiger partial charge on any atom is 0.490 e. The molecule has 0 saturated heterocycles. The molecule has 0 spiro atoms. The van der Waals surface area contributed by atoms with Gasteiger partial charge in [0.2, 0.25) is 16.1 Å². The Hall–Kier alpha value is 0.700. The highest BCUT2D eigenvalue weighted by Gasteiger charge is 2.52. The highest BCUT2D eigenvalue weighted by Crippen LogP contribution is 2.60. The van der Waals surface area contributed by atoms with Crippen LogP contribution in [0.4, 0.5) is 13.2 Å². The van der Waals surface area contributed by atoms with Crippen molar-refractivity contribution in [3.63, 3.8) is 0 Å². The lowest BCUT2D eigenvalue weighted by Gasteiger charge is -2.31. The Morgan fingerprint density at radius 1 is 1.22 bits per heavy atom. The van der Waals surface area contributed by atoms with Gasteiger partial charge >= 0.3 is 12.1 Å². The summed E-state index contributed by atoms with van der Waals surface area (Å²) in [5, 5.41) is 0. The zero-order valence-electron chi connectivity index (χ0n) is 8.83. The lowest BCUT2D eigenvalue weighted by Crippen LogP contribution is -2.37. The first kappa shape index (κ1) is 18.7. The lowest BCUT2D eigenvalue weighted by atomic mass is 10.6. The molecule has 1 unspecified atom stereocenters. The second kappa shape index (κ2) is 6.43. The summed E-state index contributed by atoms with van der Waals surface area (Å²) >= 11 is 21.1. The molecule has 12 heteroatoms. The Balaban J connectivity index is 5.30. The van der Waals surface area contributed by atoms with Crippen molar-refractivity contribution in [1.29, 1.82) is 0 Å². The number of carbonyl (C=O) groups is 1. The van der Waals surface area contributed by atoms with Crippen LogP contribution in [0, 0.1) is 0 Å². The molecule has 0 rings (SSSR count). The number of alkyl halides is 6. The highest BCUT2D eigenvalue weighted by molar-refractivity contribution is 8.10. The van der Waals surface area contributed by atoms with Gasteiger partial charge in [0.15, 0.2) is 0 Å². The van der Waals surface area contributed by atoms with Crippen LogP contribution in [0.25, 0.3) is 0 Å². The Morgan fingerprint density at radius 2 is 1.61 bits per heavy atom. The molecule has 1 atom stereocenters. The number of carbonyl (C=O) groups excluding carboxylic acids is 1. The predicted octanol–water partition coefficient (Wildman–Crippen LogP) is 3.39. The Bertz CT molecular complexity index is 351. The third-order valence-electron chi connectivity index (χ3n) is 1.53. The smallest absolute Gasteiger partial charge is 0.441 e. The largest absolute Gasteiger partial charge is 0.490 e. The number of halogens is 6. The first-order chi connectivity index (χ1) is 7.88. The van der Waals surface area contributed by atoms with Gasteiger partial charge in [0.25, 0.3) is 0 Å². The van der Waals surface area contributed by atoms with Gasteiger partial charge in [0.05, 0.1) is 0 Å². The van der Waals surface area contributed by atoms with Crippen LogP contribution in [0.2, 0.25) is 0 Å². The van der Waals surface area contributed by atoms with Crippen LogP contribution in [0.15, 0.2) is 0 Å². The van der Waals surface area contributed by atoms with Gasteiger partial charge in [0.1, 0.15) is 0 Å². The Labute approximate surface area is 121 Å². The fourth-order valence-corrected chi connectivity index (χ4v) is 4.27. The van der Waals surface area contributed by atoms with Gasteiger partial charge < -0.3 is 13.8 Å². The molecule has 0 aliphatic rings. The van der Waals surface area contributed by atoms with Gasteiger partial charge in [-0.3, -0.25) is 0 Å². The average Bonchev–Trinajstić information content (AvgIpc) is 2.21. The third-order valence-corrected chi connectivity index (χ3v) is 6.13. The normalized spacial score (nSPS) is 15.3. The molecule has 108 valence electrons. The van der Waals surface area contributed by atoms with Crippen LogP contribution in [-0.2, 0) is 30.4 Å². The molecular formula is C6H7Cl3F3O4PS. The molecule has 4 nitrogen and oxygen atoms in total. The summed E-state index contributed by atoms with van der Waals surface area (Å²) in [6.07, 6.45) is -5.25. The topological polar surface area (TPSA) is 44.8 Å². The molecule has 0 aliphatic carbocycles. The van der Waals surface area contributed by atoms with E-state index in [0.717, 1.165) is 14.2 Å². The molecular weight excluding hydrogens is 362 g/mol. The van der Waals surface area contributed by atoms with Gasteiger partial charge in [-0.05, 0) is 11.8 Å². The molecule has 0 saturated carbocycles. The van der Waals surface area contributed by atoms with Crippen LogP contribution < -0.4 is 0 Å². The standard InChI is InChI=1S/C6H7Cl3F3O4PS/c1-14-17(18,15-2)4(5(7,8)9)16-3(13)6(10,11)12/h4H,1-2H3. The molecule has 0 amide bonds. The minimum absolute atomic E-state index is 1.04. The van der Waals surface area contributed by atoms with E-state index in [1.54, 1.807) is 0 Å². The number of ether oxygens (including phenoxy) is 1. The van der Waals surface area contributed by atoms with E-state index in [1.165, 1.54) is 0 Å². The summed E-state index contributed by atoms with van der Waals surface area (Å²) in [5.74, 6) is -4.55. The van der Waals surface area contributed by atoms with Crippen molar-refractivity contribution in [3.05, 3.63) is 0 Å². The van der Waals surface area contributed by atoms with E-state index in [0.29, 0.717) is 0 Å². The second-order valence-corrected chi connectivity index (χ2v) is 8.88. The van der Waals surface area contributed by atoms with Gasteiger partial charge in [-0.25, -0.2) is 4.79 Å². The first-order valence-electron chi connectivity index (χ1n) is 3.94. The molecule has 0 fully saturated rings. The van der Waals surface area contributed by atoms with Crippen molar-refractivity contribution in [2.24, 2.45) is 0 Å². The molecule has 18 heavy (non-hydrogen) atoms. The van der Waals surface area contributed by atoms with Crippen LogP contribution >= 0.6 is 41.3 Å². The third kappa shape index (κ3) is 5.00. The van der Waals surface area contributed by atoms with E-state index in [-0.39, 0.29) is 0 Å². The molecule has 0 aromatic rings. The summed E-state index contributed by atoms with van der Waals surface area (Å²) in [6, 6.07) is 0. The number of hydrogen-bond donors (Lipinski definition) is 0. The van der Waals surface area contributed by atoms with Crippen molar-refractivity contribution >= 4 is 59.1 Å². The Morgan fingerprint density at radius 3 is 1.83 bits per heavy atom. The number of rotatable bonds is 4. The second-order valence-electron chi connectivity index (χ2n) is 2.70. The monoisotopic (exact) mass is 368 g/mol. The van der Waals surface area contributed by atoms with Crippen molar-refractivity contribution < 1.29 is 31.8 Å². The maximum absolute atomic E-state index is 12.1. The number of hydrogen-bond acceptors (Lipinski definition) is 5. The maximum atomic E-state index is 12.1.